The van der Waals surface area contributed by atoms with Crippen LogP contribution in [0, 0.1) is 0 Å². The molecule has 0 radical (unpaired) electrons. The van der Waals surface area contributed by atoms with Crippen molar-refractivity contribution in [1.29, 1.82) is 0 Å². The Bertz CT molecular complexity index is 123. The smallest absolute Gasteiger partial charge is 0.264 e. The van der Waals surface area contributed by atoms with Gasteiger partial charge in [0.05, 0.1) is 0 Å². The van der Waals surface area contributed by atoms with E-state index in [9.17, 15) is 0 Å². The highest BCUT2D eigenvalue weighted by atomic mass is 32.3. The molecule has 0 aromatic heterocycles. The van der Waals surface area contributed by atoms with E-state index in [0.29, 0.717) is 0 Å². The Labute approximate surface area is 48.1 Å². The number of hydrogen-bond donors (Lipinski definition) is 2. The lowest BCUT2D eigenvalue weighted by atomic mass is 11.0. The van der Waals surface area contributed by atoms with E-state index in [4.69, 9.17) is 17.5 Å². The SMILES string of the molecule is C1CC1.O=S(=O)(O)O. The molecular formula is C3H8O4S. The zero-order valence-corrected chi connectivity index (χ0v) is 5.06. The van der Waals surface area contributed by atoms with Gasteiger partial charge < -0.3 is 0 Å². The van der Waals surface area contributed by atoms with E-state index in [1.54, 1.807) is 0 Å². The fourth-order valence-electron chi connectivity index (χ4n) is 0. The second kappa shape index (κ2) is 3.01. The van der Waals surface area contributed by atoms with Crippen LogP contribution in [0.4, 0.5) is 0 Å². The summed E-state index contributed by atoms with van der Waals surface area (Å²) in [7, 11) is -4.67. The highest BCUT2D eigenvalue weighted by molar-refractivity contribution is 7.79. The van der Waals surface area contributed by atoms with E-state index >= 15 is 0 Å². The maximum atomic E-state index is 8.74. The second-order valence-electron chi connectivity index (χ2n) is 1.51. The van der Waals surface area contributed by atoms with Gasteiger partial charge in [-0.3, -0.25) is 9.11 Å². The third-order valence-electron chi connectivity index (χ3n) is 0.354. The second-order valence-corrected chi connectivity index (χ2v) is 2.40. The highest BCUT2D eigenvalue weighted by Crippen LogP contribution is 2.14. The minimum atomic E-state index is -4.67. The first-order chi connectivity index (χ1) is 3.50. The van der Waals surface area contributed by atoms with Crippen LogP contribution in [0.3, 0.4) is 0 Å². The lowest BCUT2D eigenvalue weighted by Gasteiger charge is -1.68. The predicted octanol–water partition coefficient (Wildman–Crippen LogP) is 0.518. The summed E-state index contributed by atoms with van der Waals surface area (Å²) in [6.07, 6.45) is 4.50. The van der Waals surface area contributed by atoms with Crippen molar-refractivity contribution in [3.8, 4) is 0 Å². The Morgan fingerprint density at radius 2 is 1.12 bits per heavy atom. The van der Waals surface area contributed by atoms with Crippen molar-refractivity contribution in [3.05, 3.63) is 0 Å². The Hall–Kier alpha value is -0.130. The topological polar surface area (TPSA) is 74.6 Å². The molecule has 1 fully saturated rings. The van der Waals surface area contributed by atoms with E-state index in [-0.39, 0.29) is 0 Å². The quantitative estimate of drug-likeness (QED) is 0.481. The summed E-state index contributed by atoms with van der Waals surface area (Å²) in [5.41, 5.74) is 0. The van der Waals surface area contributed by atoms with Gasteiger partial charge in [-0.15, -0.1) is 0 Å². The van der Waals surface area contributed by atoms with Gasteiger partial charge in [0, 0.05) is 0 Å². The largest absolute Gasteiger partial charge is 0.394 e. The third kappa shape index (κ3) is 184. The molecule has 5 heteroatoms. The maximum absolute atomic E-state index is 8.74. The van der Waals surface area contributed by atoms with E-state index in [0.717, 1.165) is 0 Å². The van der Waals surface area contributed by atoms with Crippen molar-refractivity contribution in [2.45, 2.75) is 19.3 Å². The molecule has 0 amide bonds. The highest BCUT2D eigenvalue weighted by Gasteiger charge is 1.95. The molecule has 0 atom stereocenters. The van der Waals surface area contributed by atoms with Gasteiger partial charge in [0.15, 0.2) is 0 Å². The van der Waals surface area contributed by atoms with E-state index in [1.807, 2.05) is 0 Å². The fourth-order valence-corrected chi connectivity index (χ4v) is 0. The zero-order chi connectivity index (χ0) is 6.62. The fraction of sp³-hybridized carbons (Fsp3) is 1.00. The number of hydrogen-bond acceptors (Lipinski definition) is 2. The first kappa shape index (κ1) is 7.87. The molecule has 4 nitrogen and oxygen atoms in total. The number of rotatable bonds is 0. The molecular weight excluding hydrogens is 132 g/mol. The van der Waals surface area contributed by atoms with Gasteiger partial charge in [-0.05, 0) is 0 Å². The van der Waals surface area contributed by atoms with Crippen LogP contribution in [0.2, 0.25) is 0 Å². The Morgan fingerprint density at radius 1 is 1.00 bits per heavy atom. The molecule has 0 aliphatic heterocycles. The van der Waals surface area contributed by atoms with Crippen LogP contribution in [-0.4, -0.2) is 17.5 Å². The molecule has 1 rings (SSSR count). The summed E-state index contributed by atoms with van der Waals surface area (Å²) in [5.74, 6) is 0. The van der Waals surface area contributed by atoms with Gasteiger partial charge in [-0.1, -0.05) is 19.3 Å². The Morgan fingerprint density at radius 3 is 1.12 bits per heavy atom. The van der Waals surface area contributed by atoms with Gasteiger partial charge in [-0.2, -0.15) is 8.42 Å². The molecule has 1 aliphatic rings. The summed E-state index contributed by atoms with van der Waals surface area (Å²) in [6, 6.07) is 0. The van der Waals surface area contributed by atoms with E-state index < -0.39 is 10.4 Å². The molecule has 1 saturated carbocycles. The van der Waals surface area contributed by atoms with Crippen molar-refractivity contribution in [2.24, 2.45) is 0 Å². The van der Waals surface area contributed by atoms with Crippen molar-refractivity contribution in [2.75, 3.05) is 0 Å². The molecule has 0 aromatic carbocycles. The average Bonchev–Trinajstić information content (AvgIpc) is 1.95. The first-order valence-corrected chi connectivity index (χ1v) is 3.60. The van der Waals surface area contributed by atoms with Crippen LogP contribution in [0.15, 0.2) is 0 Å². The summed E-state index contributed by atoms with van der Waals surface area (Å²) in [4.78, 5) is 0. The van der Waals surface area contributed by atoms with Crippen LogP contribution in [-0.2, 0) is 10.4 Å². The zero-order valence-electron chi connectivity index (χ0n) is 4.24. The van der Waals surface area contributed by atoms with E-state index in [1.165, 1.54) is 19.3 Å². The average molecular weight is 140 g/mol. The standard InChI is InChI=1S/C3H6.H2O4S/c1-2-3-1;1-5(2,3)4/h1-3H2;(H2,1,2,3,4). The van der Waals surface area contributed by atoms with Crippen LogP contribution >= 0.6 is 0 Å². The molecule has 8 heavy (non-hydrogen) atoms. The van der Waals surface area contributed by atoms with Gasteiger partial charge in [0.2, 0.25) is 0 Å². The van der Waals surface area contributed by atoms with E-state index in [2.05, 4.69) is 0 Å². The van der Waals surface area contributed by atoms with Gasteiger partial charge in [0.1, 0.15) is 0 Å². The first-order valence-electron chi connectivity index (χ1n) is 2.20. The lowest BCUT2D eigenvalue weighted by Crippen LogP contribution is -1.89. The molecule has 0 unspecified atom stereocenters. The molecule has 1 aliphatic carbocycles. The molecule has 50 valence electrons. The van der Waals surface area contributed by atoms with Crippen LogP contribution in [0.1, 0.15) is 19.3 Å². The third-order valence-corrected chi connectivity index (χ3v) is 0.354. The molecule has 0 heterocycles. The van der Waals surface area contributed by atoms with Crippen LogP contribution in [0.5, 0.6) is 0 Å². The van der Waals surface area contributed by atoms with Crippen molar-refractivity contribution < 1.29 is 17.5 Å². The minimum Gasteiger partial charge on any atom is -0.264 e. The predicted molar refractivity (Wildman–Crippen MR) is 28.0 cm³/mol. The Balaban J connectivity index is 0.000000135. The van der Waals surface area contributed by atoms with Gasteiger partial charge >= 0.3 is 10.4 Å². The van der Waals surface area contributed by atoms with Crippen LogP contribution < -0.4 is 0 Å². The summed E-state index contributed by atoms with van der Waals surface area (Å²) >= 11 is 0. The van der Waals surface area contributed by atoms with Gasteiger partial charge in [-0.25, -0.2) is 0 Å². The molecule has 0 bridgehead atoms. The molecule has 0 spiro atoms. The van der Waals surface area contributed by atoms with Crippen molar-refractivity contribution >= 4 is 10.4 Å². The van der Waals surface area contributed by atoms with Crippen molar-refractivity contribution in [3.63, 3.8) is 0 Å². The normalized spacial score (nSPS) is 16.2. The van der Waals surface area contributed by atoms with Crippen molar-refractivity contribution in [1.82, 2.24) is 0 Å². The van der Waals surface area contributed by atoms with Gasteiger partial charge in [0.25, 0.3) is 0 Å². The molecule has 0 saturated heterocycles. The molecule has 0 aromatic rings. The monoisotopic (exact) mass is 140 g/mol. The maximum Gasteiger partial charge on any atom is 0.394 e. The Kier molecular flexibility index (Phi) is 2.96. The summed E-state index contributed by atoms with van der Waals surface area (Å²) in [5, 5.41) is 0. The minimum absolute atomic E-state index is 1.50. The lowest BCUT2D eigenvalue weighted by molar-refractivity contribution is 0.381. The molecule has 2 N–H and O–H groups in total. The summed E-state index contributed by atoms with van der Waals surface area (Å²) < 4.78 is 31.6. The summed E-state index contributed by atoms with van der Waals surface area (Å²) in [6.45, 7) is 0. The van der Waals surface area contributed by atoms with Crippen LogP contribution in [0.25, 0.3) is 0 Å².